The van der Waals surface area contributed by atoms with Crippen LogP contribution in [0.5, 0.6) is 0 Å². The molecule has 0 bridgehead atoms. The lowest BCUT2D eigenvalue weighted by Crippen LogP contribution is -2.61. The number of hydrogen-bond donors (Lipinski definition) is 2. The third kappa shape index (κ3) is 5.39. The molecule has 1 aliphatic heterocycles. The zero-order valence-corrected chi connectivity index (χ0v) is 20.3. The van der Waals surface area contributed by atoms with Crippen LogP contribution in [0.15, 0.2) is 42.7 Å². The summed E-state index contributed by atoms with van der Waals surface area (Å²) in [4.78, 5) is 10.7. The summed E-state index contributed by atoms with van der Waals surface area (Å²) >= 11 is 0. The second kappa shape index (κ2) is 8.78. The van der Waals surface area contributed by atoms with E-state index in [1.165, 1.54) is 6.20 Å². The number of rotatable bonds is 5. The lowest BCUT2D eigenvalue weighted by atomic mass is 9.77. The van der Waals surface area contributed by atoms with Crippen molar-refractivity contribution in [1.29, 1.82) is 0 Å². The van der Waals surface area contributed by atoms with Crippen LogP contribution in [-0.2, 0) is 6.18 Å². The average Bonchev–Trinajstić information content (AvgIpc) is 3.25. The highest BCUT2D eigenvalue weighted by atomic mass is 19.4. The van der Waals surface area contributed by atoms with Gasteiger partial charge in [0, 0.05) is 29.0 Å². The average molecular weight is 492 g/mol. The van der Waals surface area contributed by atoms with Gasteiger partial charge in [-0.1, -0.05) is 6.07 Å². The van der Waals surface area contributed by atoms with E-state index in [2.05, 4.69) is 65.3 Å². The Labute approximate surface area is 201 Å². The van der Waals surface area contributed by atoms with Crippen molar-refractivity contribution in [3.63, 3.8) is 0 Å². The fourth-order valence-electron chi connectivity index (χ4n) is 4.67. The number of aromatic nitrogens is 4. The Bertz CT molecular complexity index is 1180. The van der Waals surface area contributed by atoms with Gasteiger partial charge in [0.15, 0.2) is 17.3 Å². The Hall–Kier alpha value is -3.21. The van der Waals surface area contributed by atoms with Crippen molar-refractivity contribution in [1.82, 2.24) is 24.6 Å². The van der Waals surface area contributed by atoms with Gasteiger partial charge in [0.1, 0.15) is 0 Å². The van der Waals surface area contributed by atoms with Crippen molar-refractivity contribution in [2.45, 2.75) is 63.8 Å². The van der Waals surface area contributed by atoms with Crippen molar-refractivity contribution < 1.29 is 17.6 Å². The van der Waals surface area contributed by atoms with E-state index < -0.39 is 17.7 Å². The molecule has 0 saturated carbocycles. The molecule has 0 spiro atoms. The predicted octanol–water partition coefficient (Wildman–Crippen LogP) is 5.63. The summed E-state index contributed by atoms with van der Waals surface area (Å²) in [7, 11) is 2.10. The Balaban J connectivity index is 1.52. The molecule has 0 radical (unpaired) electrons. The molecule has 0 unspecified atom stereocenters. The van der Waals surface area contributed by atoms with Gasteiger partial charge in [-0.15, -0.1) is 0 Å². The Morgan fingerprint density at radius 2 is 1.74 bits per heavy atom. The fraction of sp³-hybridized carbons (Fsp3) is 0.458. The molecule has 2 N–H and O–H groups in total. The summed E-state index contributed by atoms with van der Waals surface area (Å²) in [6.45, 7) is 8.65. The molecule has 1 fully saturated rings. The highest BCUT2D eigenvalue weighted by molar-refractivity contribution is 5.58. The molecule has 4 rings (SSSR count). The zero-order valence-electron chi connectivity index (χ0n) is 20.3. The van der Waals surface area contributed by atoms with E-state index in [-0.39, 0.29) is 28.9 Å². The molecule has 1 aliphatic rings. The maximum atomic E-state index is 14.6. The maximum Gasteiger partial charge on any atom is 0.435 e. The zero-order chi connectivity index (χ0) is 25.6. The summed E-state index contributed by atoms with van der Waals surface area (Å²) in [6.07, 6.45) is -0.570. The number of nitrogens with zero attached hydrogens (tertiary/aromatic N) is 5. The lowest BCUT2D eigenvalue weighted by Gasteiger charge is -2.53. The Kier molecular flexibility index (Phi) is 6.25. The van der Waals surface area contributed by atoms with Crippen molar-refractivity contribution in [2.75, 3.05) is 17.7 Å². The summed E-state index contributed by atoms with van der Waals surface area (Å²) in [5.74, 6) is -0.300. The van der Waals surface area contributed by atoms with Gasteiger partial charge in [0.05, 0.1) is 11.9 Å². The van der Waals surface area contributed by atoms with Gasteiger partial charge in [0.2, 0.25) is 5.95 Å². The number of anilines is 3. The van der Waals surface area contributed by atoms with E-state index in [1.54, 1.807) is 24.3 Å². The van der Waals surface area contributed by atoms with Gasteiger partial charge in [-0.25, -0.2) is 14.1 Å². The van der Waals surface area contributed by atoms with Gasteiger partial charge in [-0.3, -0.25) is 4.90 Å². The van der Waals surface area contributed by atoms with Crippen LogP contribution < -0.4 is 10.6 Å². The summed E-state index contributed by atoms with van der Waals surface area (Å²) in [5.41, 5.74) is -0.201. The highest BCUT2D eigenvalue weighted by Crippen LogP contribution is 2.38. The SMILES string of the molecule is CN1C(C)(C)CC(Nc2nc(Nc3cccc(-n4ccc(C(F)(F)F)n4)c3)ncc2F)CC1(C)C. The first-order valence-electron chi connectivity index (χ1n) is 11.3. The van der Waals surface area contributed by atoms with Gasteiger partial charge >= 0.3 is 6.18 Å². The largest absolute Gasteiger partial charge is 0.435 e. The Morgan fingerprint density at radius 3 is 2.37 bits per heavy atom. The molecule has 0 atom stereocenters. The molecular weight excluding hydrogens is 462 g/mol. The smallest absolute Gasteiger partial charge is 0.365 e. The topological polar surface area (TPSA) is 70.9 Å². The van der Waals surface area contributed by atoms with E-state index in [1.807, 2.05) is 0 Å². The standard InChI is InChI=1S/C24H29F4N7/c1-22(2)12-16(13-23(3,4)34(22)5)30-20-18(25)14-29-21(32-20)31-15-7-6-8-17(11-15)35-10-9-19(33-35)24(26,27)28/h6-11,14,16H,12-13H2,1-5H3,(H2,29,30,31,32). The first-order valence-corrected chi connectivity index (χ1v) is 11.3. The Morgan fingerprint density at radius 1 is 1.06 bits per heavy atom. The molecule has 188 valence electrons. The molecule has 11 heteroatoms. The van der Waals surface area contributed by atoms with Crippen LogP contribution in [0.3, 0.4) is 0 Å². The normalized spacial score (nSPS) is 18.4. The van der Waals surface area contributed by atoms with Gasteiger partial charge in [-0.2, -0.15) is 23.3 Å². The van der Waals surface area contributed by atoms with Crippen LogP contribution in [0.2, 0.25) is 0 Å². The summed E-state index contributed by atoms with van der Waals surface area (Å²) < 4.78 is 54.4. The third-order valence-corrected chi connectivity index (χ3v) is 6.64. The van der Waals surface area contributed by atoms with Crippen molar-refractivity contribution in [3.05, 3.63) is 54.2 Å². The third-order valence-electron chi connectivity index (χ3n) is 6.64. The molecule has 0 amide bonds. The first kappa shape index (κ1) is 24.9. The number of piperidine rings is 1. The number of hydrogen-bond acceptors (Lipinski definition) is 6. The highest BCUT2D eigenvalue weighted by Gasteiger charge is 2.43. The van der Waals surface area contributed by atoms with Gasteiger partial charge in [0.25, 0.3) is 0 Å². The molecule has 2 aromatic heterocycles. The van der Waals surface area contributed by atoms with E-state index in [9.17, 15) is 17.6 Å². The number of alkyl halides is 3. The fourth-order valence-corrected chi connectivity index (χ4v) is 4.67. The van der Waals surface area contributed by atoms with Crippen LogP contribution in [0.1, 0.15) is 46.2 Å². The van der Waals surface area contributed by atoms with Crippen molar-refractivity contribution >= 4 is 17.5 Å². The van der Waals surface area contributed by atoms with Crippen LogP contribution in [0, 0.1) is 5.82 Å². The number of likely N-dealkylation sites (tertiary alicyclic amines) is 1. The predicted molar refractivity (Wildman–Crippen MR) is 126 cm³/mol. The van der Waals surface area contributed by atoms with Gasteiger partial charge in [-0.05, 0) is 71.8 Å². The van der Waals surface area contributed by atoms with Crippen LogP contribution in [-0.4, -0.2) is 48.8 Å². The van der Waals surface area contributed by atoms with E-state index >= 15 is 0 Å². The van der Waals surface area contributed by atoms with E-state index in [4.69, 9.17) is 0 Å². The summed E-state index contributed by atoms with van der Waals surface area (Å²) in [5, 5.41) is 9.83. The minimum Gasteiger partial charge on any atom is -0.365 e. The molecule has 35 heavy (non-hydrogen) atoms. The number of halogens is 4. The lowest BCUT2D eigenvalue weighted by molar-refractivity contribution is -0.141. The molecule has 3 aromatic rings. The van der Waals surface area contributed by atoms with Crippen LogP contribution >= 0.6 is 0 Å². The quantitative estimate of drug-likeness (QED) is 0.451. The molecule has 1 aromatic carbocycles. The number of nitrogens with one attached hydrogen (secondary N) is 2. The van der Waals surface area contributed by atoms with Crippen LogP contribution in [0.4, 0.5) is 35.0 Å². The first-order chi connectivity index (χ1) is 16.2. The molecule has 0 aliphatic carbocycles. The molecule has 1 saturated heterocycles. The number of benzene rings is 1. The molecule has 7 nitrogen and oxygen atoms in total. The van der Waals surface area contributed by atoms with Crippen LogP contribution in [0.25, 0.3) is 5.69 Å². The minimum absolute atomic E-state index is 0.0134. The van der Waals surface area contributed by atoms with Crippen molar-refractivity contribution in [2.24, 2.45) is 0 Å². The van der Waals surface area contributed by atoms with Gasteiger partial charge < -0.3 is 10.6 Å². The molecule has 3 heterocycles. The van der Waals surface area contributed by atoms with Crippen molar-refractivity contribution in [3.8, 4) is 5.69 Å². The van der Waals surface area contributed by atoms with E-state index in [0.717, 1.165) is 29.8 Å². The molecular formula is C24H29F4N7. The summed E-state index contributed by atoms with van der Waals surface area (Å²) in [6, 6.07) is 7.53. The monoisotopic (exact) mass is 491 g/mol. The second-order valence-corrected chi connectivity index (χ2v) is 10.1. The van der Waals surface area contributed by atoms with E-state index in [0.29, 0.717) is 11.4 Å². The second-order valence-electron chi connectivity index (χ2n) is 10.1. The minimum atomic E-state index is -4.52. The maximum absolute atomic E-state index is 14.6.